The van der Waals surface area contributed by atoms with Crippen molar-refractivity contribution >= 4 is 22.2 Å². The smallest absolute Gasteiger partial charge is 0.237 e. The number of nitrogens with one attached hydrogen (secondary N) is 1. The maximum Gasteiger partial charge on any atom is 0.237 e. The van der Waals surface area contributed by atoms with Gasteiger partial charge in [0.2, 0.25) is 5.91 Å². The minimum absolute atomic E-state index is 0.126. The van der Waals surface area contributed by atoms with E-state index in [-0.39, 0.29) is 11.3 Å². The molecule has 1 aliphatic carbocycles. The Kier molecular flexibility index (Phi) is 5.50. The summed E-state index contributed by atoms with van der Waals surface area (Å²) in [6.45, 7) is 6.92. The standard InChI is InChI=1S/C28H28N2O2S/c1-4-28(2,3)17-13-14-18-21(16-29)27(33-24(18)15-17)30-26(31)25-19-9-5-7-11-22(19)32-23-12-8-6-10-20(23)25/h5-12,17,25H,4,13-15H2,1-3H3,(H,30,31). The lowest BCUT2D eigenvalue weighted by atomic mass is 9.69. The van der Waals surface area contributed by atoms with E-state index in [1.165, 1.54) is 4.88 Å². The fourth-order valence-corrected chi connectivity index (χ4v) is 6.41. The van der Waals surface area contributed by atoms with Gasteiger partial charge < -0.3 is 10.1 Å². The number of para-hydroxylation sites is 2. The lowest BCUT2D eigenvalue weighted by Crippen LogP contribution is -2.28. The highest BCUT2D eigenvalue weighted by Gasteiger charge is 2.36. The lowest BCUT2D eigenvalue weighted by molar-refractivity contribution is -0.116. The number of anilines is 1. The van der Waals surface area contributed by atoms with E-state index in [1.807, 2.05) is 48.5 Å². The number of fused-ring (bicyclic) bond motifs is 3. The van der Waals surface area contributed by atoms with Crippen molar-refractivity contribution in [2.45, 2.75) is 52.4 Å². The van der Waals surface area contributed by atoms with Crippen LogP contribution < -0.4 is 10.1 Å². The fraction of sp³-hybridized carbons (Fsp3) is 0.357. The van der Waals surface area contributed by atoms with Crippen LogP contribution in [0.15, 0.2) is 48.5 Å². The van der Waals surface area contributed by atoms with Crippen LogP contribution in [0, 0.1) is 22.7 Å². The van der Waals surface area contributed by atoms with E-state index in [2.05, 4.69) is 32.2 Å². The molecule has 0 spiro atoms. The van der Waals surface area contributed by atoms with Gasteiger partial charge in [0, 0.05) is 16.0 Å². The zero-order chi connectivity index (χ0) is 23.2. The first-order valence-corrected chi connectivity index (χ1v) is 12.5. The Balaban J connectivity index is 1.48. The molecule has 0 bridgehead atoms. The van der Waals surface area contributed by atoms with Crippen LogP contribution in [0.2, 0.25) is 0 Å². The second kappa shape index (κ2) is 8.35. The van der Waals surface area contributed by atoms with Crippen molar-refractivity contribution in [3.63, 3.8) is 0 Å². The molecule has 1 aliphatic heterocycles. The summed E-state index contributed by atoms with van der Waals surface area (Å²) >= 11 is 1.59. The van der Waals surface area contributed by atoms with Crippen molar-refractivity contribution in [3.05, 3.63) is 75.7 Å². The number of ether oxygens (including phenoxy) is 1. The summed E-state index contributed by atoms with van der Waals surface area (Å²) in [4.78, 5) is 14.9. The van der Waals surface area contributed by atoms with Crippen molar-refractivity contribution in [2.75, 3.05) is 5.32 Å². The summed E-state index contributed by atoms with van der Waals surface area (Å²) in [5, 5.41) is 13.8. The summed E-state index contributed by atoms with van der Waals surface area (Å²) in [5.41, 5.74) is 3.74. The zero-order valence-corrected chi connectivity index (χ0v) is 20.1. The van der Waals surface area contributed by atoms with Crippen LogP contribution in [-0.4, -0.2) is 5.91 Å². The molecule has 1 atom stereocenters. The number of rotatable bonds is 4. The topological polar surface area (TPSA) is 62.1 Å². The number of hydrogen-bond acceptors (Lipinski definition) is 4. The monoisotopic (exact) mass is 456 g/mol. The van der Waals surface area contributed by atoms with Crippen LogP contribution in [0.3, 0.4) is 0 Å². The first kappa shape index (κ1) is 21.7. The molecule has 3 aromatic rings. The molecule has 1 unspecified atom stereocenters. The Morgan fingerprint density at radius 3 is 2.39 bits per heavy atom. The van der Waals surface area contributed by atoms with Crippen LogP contribution in [0.25, 0.3) is 0 Å². The highest BCUT2D eigenvalue weighted by atomic mass is 32.1. The van der Waals surface area contributed by atoms with Crippen molar-refractivity contribution in [2.24, 2.45) is 11.3 Å². The molecule has 5 rings (SSSR count). The third-order valence-corrected chi connectivity index (χ3v) is 8.74. The highest BCUT2D eigenvalue weighted by Crippen LogP contribution is 2.47. The van der Waals surface area contributed by atoms with Gasteiger partial charge in [-0.25, -0.2) is 0 Å². The highest BCUT2D eigenvalue weighted by molar-refractivity contribution is 7.16. The molecule has 2 aromatic carbocycles. The number of carbonyl (C=O) groups excluding carboxylic acids is 1. The van der Waals surface area contributed by atoms with Crippen molar-refractivity contribution in [1.82, 2.24) is 0 Å². The average Bonchev–Trinajstić information content (AvgIpc) is 3.18. The predicted octanol–water partition coefficient (Wildman–Crippen LogP) is 7.04. The molecule has 1 amide bonds. The van der Waals surface area contributed by atoms with Gasteiger partial charge in [0.1, 0.15) is 22.6 Å². The Labute approximate surface area is 199 Å². The molecule has 0 saturated carbocycles. The van der Waals surface area contributed by atoms with Crippen LogP contribution >= 0.6 is 11.3 Å². The Morgan fingerprint density at radius 2 is 1.79 bits per heavy atom. The number of benzene rings is 2. The number of amides is 1. The Hall–Kier alpha value is -3.10. The Bertz CT molecular complexity index is 1220. The van der Waals surface area contributed by atoms with Crippen LogP contribution in [-0.2, 0) is 17.6 Å². The van der Waals surface area contributed by atoms with E-state index in [0.29, 0.717) is 28.0 Å². The number of hydrogen-bond donors (Lipinski definition) is 1. The van der Waals surface area contributed by atoms with Crippen molar-refractivity contribution in [3.8, 4) is 17.6 Å². The fourth-order valence-electron chi connectivity index (χ4n) is 5.12. The molecule has 0 saturated heterocycles. The number of nitrogens with zero attached hydrogens (tertiary/aromatic N) is 1. The molecule has 2 aliphatic rings. The molecular formula is C28H28N2O2S. The molecular weight excluding hydrogens is 428 g/mol. The zero-order valence-electron chi connectivity index (χ0n) is 19.3. The van der Waals surface area contributed by atoms with Crippen molar-refractivity contribution < 1.29 is 9.53 Å². The van der Waals surface area contributed by atoms with Crippen molar-refractivity contribution in [1.29, 1.82) is 5.26 Å². The number of thiophene rings is 1. The predicted molar refractivity (Wildman–Crippen MR) is 132 cm³/mol. The largest absolute Gasteiger partial charge is 0.457 e. The van der Waals surface area contributed by atoms with Crippen LogP contribution in [0.4, 0.5) is 5.00 Å². The van der Waals surface area contributed by atoms with Gasteiger partial charge in [-0.1, -0.05) is 63.6 Å². The quantitative estimate of drug-likeness (QED) is 0.458. The molecule has 33 heavy (non-hydrogen) atoms. The normalized spacial score (nSPS) is 17.2. The summed E-state index contributed by atoms with van der Waals surface area (Å²) in [6, 6.07) is 17.7. The van der Waals surface area contributed by atoms with Gasteiger partial charge in [-0.3, -0.25) is 4.79 Å². The van der Waals surface area contributed by atoms with Gasteiger partial charge >= 0.3 is 0 Å². The minimum atomic E-state index is -0.483. The number of carbonyl (C=O) groups is 1. The van der Waals surface area contributed by atoms with Gasteiger partial charge in [-0.2, -0.15) is 5.26 Å². The van der Waals surface area contributed by atoms with Gasteiger partial charge in [-0.05, 0) is 48.3 Å². The van der Waals surface area contributed by atoms with E-state index in [4.69, 9.17) is 4.74 Å². The second-order valence-electron chi connectivity index (χ2n) is 9.70. The summed E-state index contributed by atoms with van der Waals surface area (Å²) in [7, 11) is 0. The molecule has 1 N–H and O–H groups in total. The van der Waals surface area contributed by atoms with Gasteiger partial charge in [0.15, 0.2) is 0 Å². The van der Waals surface area contributed by atoms with Gasteiger partial charge in [-0.15, -0.1) is 11.3 Å². The third kappa shape index (κ3) is 3.73. The average molecular weight is 457 g/mol. The molecule has 0 fully saturated rings. The van der Waals surface area contributed by atoms with E-state index < -0.39 is 5.92 Å². The van der Waals surface area contributed by atoms with Gasteiger partial charge in [0.25, 0.3) is 0 Å². The van der Waals surface area contributed by atoms with E-state index >= 15 is 0 Å². The molecule has 168 valence electrons. The summed E-state index contributed by atoms with van der Waals surface area (Å²) < 4.78 is 6.04. The molecule has 0 radical (unpaired) electrons. The minimum Gasteiger partial charge on any atom is -0.457 e. The first-order chi connectivity index (χ1) is 15.9. The maximum absolute atomic E-state index is 13.7. The van der Waals surface area contributed by atoms with E-state index in [1.54, 1.807) is 11.3 Å². The molecule has 4 nitrogen and oxygen atoms in total. The lowest BCUT2D eigenvalue weighted by Gasteiger charge is -2.36. The number of nitriles is 1. The van der Waals surface area contributed by atoms with Gasteiger partial charge in [0.05, 0.1) is 11.5 Å². The van der Waals surface area contributed by atoms with E-state index in [9.17, 15) is 10.1 Å². The molecule has 1 aromatic heterocycles. The Morgan fingerprint density at radius 1 is 1.15 bits per heavy atom. The summed E-state index contributed by atoms with van der Waals surface area (Å²) in [6.07, 6.45) is 4.11. The molecule has 5 heteroatoms. The summed E-state index contributed by atoms with van der Waals surface area (Å²) in [5.74, 6) is 1.39. The molecule has 2 heterocycles. The first-order valence-electron chi connectivity index (χ1n) is 11.6. The third-order valence-electron chi connectivity index (χ3n) is 7.57. The van der Waals surface area contributed by atoms with Crippen LogP contribution in [0.1, 0.15) is 66.7 Å². The second-order valence-corrected chi connectivity index (χ2v) is 10.8. The van der Waals surface area contributed by atoms with E-state index in [0.717, 1.165) is 42.4 Å². The SMILES string of the molecule is CCC(C)(C)C1CCc2c(sc(NC(=O)C3c4ccccc4Oc4ccccc43)c2C#N)C1. The maximum atomic E-state index is 13.7. The van der Waals surface area contributed by atoms with Crippen LogP contribution in [0.5, 0.6) is 11.5 Å².